The first-order valence-corrected chi connectivity index (χ1v) is 10.7. The van der Waals surface area contributed by atoms with Crippen LogP contribution < -0.4 is 5.32 Å². The van der Waals surface area contributed by atoms with E-state index in [1.54, 1.807) is 6.08 Å². The van der Waals surface area contributed by atoms with Crippen LogP contribution in [0.25, 0.3) is 22.6 Å². The van der Waals surface area contributed by atoms with Gasteiger partial charge in [-0.3, -0.25) is 9.36 Å². The SMILES string of the molecule is C=CCn1c(SC(C)C(=O)Nc2nc(C)cs2)nnc1-c1cc2ccccc2o1. The first-order chi connectivity index (χ1) is 14.0. The molecule has 1 unspecified atom stereocenters. The van der Waals surface area contributed by atoms with Crippen molar-refractivity contribution in [1.29, 1.82) is 0 Å². The lowest BCUT2D eigenvalue weighted by molar-refractivity contribution is -0.115. The number of carbonyl (C=O) groups is 1. The van der Waals surface area contributed by atoms with Crippen molar-refractivity contribution in [3.8, 4) is 11.6 Å². The second-order valence-electron chi connectivity index (χ2n) is 6.40. The van der Waals surface area contributed by atoms with Gasteiger partial charge in [-0.1, -0.05) is 36.0 Å². The Morgan fingerprint density at radius 3 is 2.97 bits per heavy atom. The molecule has 0 aliphatic heterocycles. The molecule has 1 amide bonds. The number of thioether (sulfide) groups is 1. The van der Waals surface area contributed by atoms with Gasteiger partial charge >= 0.3 is 0 Å². The number of nitrogens with zero attached hydrogens (tertiary/aromatic N) is 4. The smallest absolute Gasteiger partial charge is 0.239 e. The average molecular weight is 426 g/mol. The van der Waals surface area contributed by atoms with E-state index in [0.717, 1.165) is 16.7 Å². The van der Waals surface area contributed by atoms with Crippen LogP contribution in [-0.2, 0) is 11.3 Å². The number of furan rings is 1. The number of aryl methyl sites for hydroxylation is 1. The Balaban J connectivity index is 1.57. The quantitative estimate of drug-likeness (QED) is 0.339. The van der Waals surface area contributed by atoms with Crippen LogP contribution in [0.5, 0.6) is 0 Å². The number of para-hydroxylation sites is 1. The maximum Gasteiger partial charge on any atom is 0.239 e. The molecule has 4 aromatic rings. The number of benzene rings is 1. The minimum atomic E-state index is -0.379. The van der Waals surface area contributed by atoms with Crippen molar-refractivity contribution in [2.45, 2.75) is 30.8 Å². The third-order valence-electron chi connectivity index (χ3n) is 4.17. The van der Waals surface area contributed by atoms with E-state index in [-0.39, 0.29) is 11.2 Å². The number of thiazole rings is 1. The average Bonchev–Trinajstić information content (AvgIpc) is 3.41. The van der Waals surface area contributed by atoms with Crippen LogP contribution in [0.3, 0.4) is 0 Å². The number of carbonyl (C=O) groups excluding carboxylic acids is 1. The highest BCUT2D eigenvalue weighted by atomic mass is 32.2. The van der Waals surface area contributed by atoms with Crippen molar-refractivity contribution in [1.82, 2.24) is 19.7 Å². The number of hydrogen-bond donors (Lipinski definition) is 1. The lowest BCUT2D eigenvalue weighted by Crippen LogP contribution is -2.22. The maximum atomic E-state index is 12.5. The number of hydrogen-bond acceptors (Lipinski definition) is 7. The molecule has 1 atom stereocenters. The van der Waals surface area contributed by atoms with Crippen LogP contribution in [0.4, 0.5) is 5.13 Å². The molecule has 1 aromatic carbocycles. The minimum absolute atomic E-state index is 0.136. The van der Waals surface area contributed by atoms with Gasteiger partial charge in [0.1, 0.15) is 5.58 Å². The van der Waals surface area contributed by atoms with Crippen LogP contribution >= 0.6 is 23.1 Å². The van der Waals surface area contributed by atoms with Crippen LogP contribution in [0.1, 0.15) is 12.6 Å². The van der Waals surface area contributed by atoms with E-state index in [2.05, 4.69) is 27.1 Å². The zero-order chi connectivity index (χ0) is 20.4. The summed E-state index contributed by atoms with van der Waals surface area (Å²) >= 11 is 2.74. The van der Waals surface area contributed by atoms with E-state index >= 15 is 0 Å². The number of amides is 1. The van der Waals surface area contributed by atoms with Gasteiger partial charge in [-0.05, 0) is 26.0 Å². The van der Waals surface area contributed by atoms with Gasteiger partial charge < -0.3 is 9.73 Å². The maximum absolute atomic E-state index is 12.5. The van der Waals surface area contributed by atoms with E-state index in [4.69, 9.17) is 4.42 Å². The second-order valence-corrected chi connectivity index (χ2v) is 8.56. The van der Waals surface area contributed by atoms with Crippen molar-refractivity contribution in [2.75, 3.05) is 5.32 Å². The zero-order valence-electron chi connectivity index (χ0n) is 16.0. The molecule has 0 spiro atoms. The third-order valence-corrected chi connectivity index (χ3v) is 6.13. The van der Waals surface area contributed by atoms with E-state index < -0.39 is 0 Å². The van der Waals surface area contributed by atoms with E-state index in [9.17, 15) is 4.79 Å². The number of allylic oxidation sites excluding steroid dienone is 1. The molecule has 0 radical (unpaired) electrons. The summed E-state index contributed by atoms with van der Waals surface area (Å²) in [7, 11) is 0. The summed E-state index contributed by atoms with van der Waals surface area (Å²) in [6.07, 6.45) is 1.77. The molecule has 4 rings (SSSR count). The van der Waals surface area contributed by atoms with Crippen LogP contribution in [0, 0.1) is 6.92 Å². The van der Waals surface area contributed by atoms with Gasteiger partial charge in [0.05, 0.1) is 10.9 Å². The molecule has 3 heterocycles. The number of fused-ring (bicyclic) bond motifs is 1. The van der Waals surface area contributed by atoms with Crippen molar-refractivity contribution in [3.63, 3.8) is 0 Å². The molecular weight excluding hydrogens is 406 g/mol. The van der Waals surface area contributed by atoms with Crippen molar-refractivity contribution < 1.29 is 9.21 Å². The van der Waals surface area contributed by atoms with Crippen molar-refractivity contribution in [3.05, 3.63) is 54.1 Å². The summed E-state index contributed by atoms with van der Waals surface area (Å²) in [6.45, 7) is 8.04. The molecule has 0 fully saturated rings. The standard InChI is InChI=1S/C20H19N5O2S2/c1-4-9-25-17(16-10-14-7-5-6-8-15(14)27-16)23-24-20(25)29-13(3)18(26)22-19-21-12(2)11-28-19/h4-8,10-11,13H,1,9H2,2-3H3,(H,21,22,26). The summed E-state index contributed by atoms with van der Waals surface area (Å²) in [4.78, 5) is 16.8. The van der Waals surface area contributed by atoms with E-state index in [0.29, 0.717) is 28.4 Å². The van der Waals surface area contributed by atoms with Crippen LogP contribution in [0.15, 0.2) is 57.9 Å². The molecule has 1 N–H and O–H groups in total. The zero-order valence-corrected chi connectivity index (χ0v) is 17.6. The normalized spacial score (nSPS) is 12.2. The highest BCUT2D eigenvalue weighted by Crippen LogP contribution is 2.31. The first kappa shape index (κ1) is 19.4. The molecule has 0 saturated carbocycles. The van der Waals surface area contributed by atoms with Crippen molar-refractivity contribution in [2.24, 2.45) is 0 Å². The molecule has 9 heteroatoms. The van der Waals surface area contributed by atoms with Crippen molar-refractivity contribution >= 4 is 45.1 Å². The monoisotopic (exact) mass is 425 g/mol. The van der Waals surface area contributed by atoms with Gasteiger partial charge in [0.2, 0.25) is 11.7 Å². The molecule has 0 aliphatic rings. The molecule has 3 aromatic heterocycles. The summed E-state index contributed by atoms with van der Waals surface area (Å²) < 4.78 is 7.83. The summed E-state index contributed by atoms with van der Waals surface area (Å²) in [5.74, 6) is 1.09. The molecule has 29 heavy (non-hydrogen) atoms. The fourth-order valence-corrected chi connectivity index (χ4v) is 4.32. The van der Waals surface area contributed by atoms with Gasteiger partial charge in [0, 0.05) is 17.3 Å². The van der Waals surface area contributed by atoms with Gasteiger partial charge in [-0.15, -0.1) is 28.1 Å². The number of anilines is 1. The molecule has 0 saturated heterocycles. The molecule has 0 aliphatic carbocycles. The summed E-state index contributed by atoms with van der Waals surface area (Å²) in [6, 6.07) is 9.72. The lowest BCUT2D eigenvalue weighted by atomic mass is 10.2. The molecule has 0 bridgehead atoms. The van der Waals surface area contributed by atoms with Crippen LogP contribution in [0.2, 0.25) is 0 Å². The van der Waals surface area contributed by atoms with Crippen LogP contribution in [-0.4, -0.2) is 30.9 Å². The summed E-state index contributed by atoms with van der Waals surface area (Å²) in [5, 5.41) is 15.2. The van der Waals surface area contributed by atoms with Gasteiger partial charge in [-0.2, -0.15) is 0 Å². The summed E-state index contributed by atoms with van der Waals surface area (Å²) in [5.41, 5.74) is 1.67. The highest BCUT2D eigenvalue weighted by Gasteiger charge is 2.22. The molecule has 7 nitrogen and oxygen atoms in total. The highest BCUT2D eigenvalue weighted by molar-refractivity contribution is 8.00. The predicted octanol–water partition coefficient (Wildman–Crippen LogP) is 4.76. The molecule has 148 valence electrons. The minimum Gasteiger partial charge on any atom is -0.453 e. The Morgan fingerprint density at radius 2 is 2.24 bits per heavy atom. The first-order valence-electron chi connectivity index (χ1n) is 8.98. The Bertz CT molecular complexity index is 1140. The Morgan fingerprint density at radius 1 is 1.41 bits per heavy atom. The number of aromatic nitrogens is 4. The predicted molar refractivity (Wildman–Crippen MR) is 116 cm³/mol. The van der Waals surface area contributed by atoms with E-state index in [1.165, 1.54) is 23.1 Å². The Hall–Kier alpha value is -2.91. The third kappa shape index (κ3) is 4.10. The largest absolute Gasteiger partial charge is 0.453 e. The fraction of sp³-hybridized carbons (Fsp3) is 0.200. The fourth-order valence-electron chi connectivity index (χ4n) is 2.77. The Labute approximate surface area is 175 Å². The number of nitrogens with one attached hydrogen (secondary N) is 1. The molecular formula is C20H19N5O2S2. The lowest BCUT2D eigenvalue weighted by Gasteiger charge is -2.11. The topological polar surface area (TPSA) is 85.8 Å². The van der Waals surface area contributed by atoms with Gasteiger partial charge in [0.25, 0.3) is 0 Å². The Kier molecular flexibility index (Phi) is 5.50. The number of rotatable bonds is 7. The van der Waals surface area contributed by atoms with E-state index in [1.807, 2.05) is 54.1 Å². The van der Waals surface area contributed by atoms with Gasteiger partial charge in [0.15, 0.2) is 16.0 Å². The second kappa shape index (κ2) is 8.22. The van der Waals surface area contributed by atoms with Gasteiger partial charge in [-0.25, -0.2) is 4.98 Å².